The number of hydrogen-bond donors (Lipinski definition) is 12. The van der Waals surface area contributed by atoms with Crippen molar-refractivity contribution in [2.24, 2.45) is 33.8 Å². The van der Waals surface area contributed by atoms with Crippen molar-refractivity contribution in [3.8, 4) is 0 Å². The molecule has 7 amide bonds. The first-order valence-corrected chi connectivity index (χ1v) is 18.3. The van der Waals surface area contributed by atoms with Crippen LogP contribution in [0.2, 0.25) is 0 Å². The highest BCUT2D eigenvalue weighted by Gasteiger charge is 2.34. The van der Waals surface area contributed by atoms with Gasteiger partial charge in [-0.3, -0.25) is 38.6 Å². The summed E-state index contributed by atoms with van der Waals surface area (Å²) >= 11 is 0. The highest BCUT2D eigenvalue weighted by Crippen LogP contribution is 2.23. The summed E-state index contributed by atoms with van der Waals surface area (Å²) in [5.74, 6) is -6.36. The van der Waals surface area contributed by atoms with E-state index in [1.165, 1.54) is 13.8 Å². The number of primary amides is 1. The Labute approximate surface area is 298 Å². The van der Waals surface area contributed by atoms with Crippen molar-refractivity contribution in [1.82, 2.24) is 31.9 Å². The molecule has 16 N–H and O–H groups in total. The third-order valence-electron chi connectivity index (χ3n) is 7.11. The smallest absolute Gasteiger partial charge is 0.245 e. The minimum atomic E-state index is -1.58. The third-order valence-corrected chi connectivity index (χ3v) is 9.56. The molecule has 0 spiro atoms. The molecule has 0 saturated carbocycles. The van der Waals surface area contributed by atoms with E-state index in [2.05, 4.69) is 36.9 Å². The van der Waals surface area contributed by atoms with E-state index in [0.29, 0.717) is 0 Å². The van der Waals surface area contributed by atoms with Gasteiger partial charge < -0.3 is 65.0 Å². The van der Waals surface area contributed by atoms with Gasteiger partial charge in [0, 0.05) is 18.1 Å². The molecule has 1 saturated heterocycles. The number of hydrogen-bond acceptors (Lipinski definition) is 13. The lowest BCUT2D eigenvalue weighted by Gasteiger charge is -2.27. The Bertz CT molecular complexity index is 1240. The zero-order valence-electron chi connectivity index (χ0n) is 28.5. The summed E-state index contributed by atoms with van der Waals surface area (Å²) in [7, 11) is 2.18. The lowest BCUT2D eigenvalue weighted by atomic mass is 10.0. The predicted molar refractivity (Wildman–Crippen MR) is 187 cm³/mol. The number of amides is 7. The number of nitrogens with one attached hydrogen (secondary N) is 6. The van der Waals surface area contributed by atoms with Crippen LogP contribution < -0.4 is 54.8 Å². The van der Waals surface area contributed by atoms with E-state index >= 15 is 0 Å². The molecule has 1 fully saturated rings. The van der Waals surface area contributed by atoms with Crippen LogP contribution in [0, 0.1) is 5.92 Å². The first-order chi connectivity index (χ1) is 23.4. The molecule has 0 aliphatic carbocycles. The molecule has 1 rings (SSSR count). The first kappa shape index (κ1) is 44.2. The number of aliphatic hydroxyl groups excluding tert-OH is 2. The second-order valence-electron chi connectivity index (χ2n) is 12.0. The largest absolute Gasteiger partial charge is 0.394 e. The van der Waals surface area contributed by atoms with E-state index in [4.69, 9.17) is 22.9 Å². The Morgan fingerprint density at radius 1 is 0.800 bits per heavy atom. The van der Waals surface area contributed by atoms with Gasteiger partial charge in [0.05, 0.1) is 18.8 Å². The highest BCUT2D eigenvalue weighted by molar-refractivity contribution is 8.76. The Kier molecular flexibility index (Phi) is 19.5. The van der Waals surface area contributed by atoms with E-state index in [1.807, 2.05) is 0 Å². The molecule has 0 unspecified atom stereocenters. The standard InChI is InChI=1S/C28H51N11O9S2/c1-12(2)8-17-25(46)38-19(21(30)42)11-50-49-10-15(29)23(44)35-16(6-5-7-33-28(31)32)24(45)37-18(9-40)26(47)34-13(3)22(43)39-20(14(4)41)27(48)36-17/h12-20,40-41H,5-11,29H2,1-4H3,(H2,30,42)(H,34,47)(H,35,44)(H,36,48)(H,37,45)(H,38,46)(H,39,43)(H4,31,32,33)/t13-,14+,15-,16-,17-,18-,19-,20-/m0/s1. The molecular weight excluding hydrogens is 699 g/mol. The molecule has 22 heteroatoms. The summed E-state index contributed by atoms with van der Waals surface area (Å²) in [5.41, 5.74) is 22.3. The number of carbonyl (C=O) groups is 7. The molecule has 1 aliphatic heterocycles. The maximum Gasteiger partial charge on any atom is 0.245 e. The minimum absolute atomic E-state index is 0.00212. The molecule has 0 aromatic heterocycles. The number of aliphatic hydroxyl groups is 2. The maximum atomic E-state index is 13.3. The van der Waals surface area contributed by atoms with Gasteiger partial charge in [0.2, 0.25) is 41.4 Å². The summed E-state index contributed by atoms with van der Waals surface area (Å²) in [6.07, 6.45) is -1.12. The summed E-state index contributed by atoms with van der Waals surface area (Å²) in [6.45, 7) is 5.28. The van der Waals surface area contributed by atoms with Gasteiger partial charge >= 0.3 is 0 Å². The monoisotopic (exact) mass is 749 g/mol. The average Bonchev–Trinajstić information content (AvgIpc) is 3.02. The first-order valence-electron chi connectivity index (χ1n) is 15.8. The van der Waals surface area contributed by atoms with Gasteiger partial charge in [-0.25, -0.2) is 0 Å². The fourth-order valence-electron chi connectivity index (χ4n) is 4.33. The van der Waals surface area contributed by atoms with Crippen molar-refractivity contribution in [1.29, 1.82) is 0 Å². The van der Waals surface area contributed by atoms with Crippen molar-refractivity contribution in [3.63, 3.8) is 0 Å². The van der Waals surface area contributed by atoms with Crippen LogP contribution >= 0.6 is 21.6 Å². The summed E-state index contributed by atoms with van der Waals surface area (Å²) in [4.78, 5) is 94.8. The molecule has 50 heavy (non-hydrogen) atoms. The molecular formula is C28H51N11O9S2. The second-order valence-corrected chi connectivity index (χ2v) is 14.6. The third kappa shape index (κ3) is 15.8. The lowest BCUT2D eigenvalue weighted by molar-refractivity contribution is -0.137. The minimum Gasteiger partial charge on any atom is -0.394 e. The van der Waals surface area contributed by atoms with Crippen LogP contribution in [0.15, 0.2) is 4.99 Å². The van der Waals surface area contributed by atoms with Gasteiger partial charge in [-0.2, -0.15) is 0 Å². The van der Waals surface area contributed by atoms with Gasteiger partial charge in [0.1, 0.15) is 36.3 Å². The molecule has 0 bridgehead atoms. The topological polar surface area (TPSA) is 349 Å². The maximum absolute atomic E-state index is 13.3. The van der Waals surface area contributed by atoms with Crippen molar-refractivity contribution in [2.75, 3.05) is 24.7 Å². The average molecular weight is 750 g/mol. The molecule has 284 valence electrons. The zero-order valence-corrected chi connectivity index (χ0v) is 30.1. The molecule has 0 aromatic rings. The van der Waals surface area contributed by atoms with Crippen LogP contribution in [0.3, 0.4) is 0 Å². The summed E-state index contributed by atoms with van der Waals surface area (Å²) in [5, 5.41) is 34.8. The van der Waals surface area contributed by atoms with Crippen LogP contribution in [0.4, 0.5) is 0 Å². The van der Waals surface area contributed by atoms with Gasteiger partial charge in [-0.1, -0.05) is 35.4 Å². The van der Waals surface area contributed by atoms with E-state index in [1.54, 1.807) is 13.8 Å². The molecule has 1 aliphatic rings. The van der Waals surface area contributed by atoms with Crippen molar-refractivity contribution >= 4 is 68.9 Å². The second kappa shape index (κ2) is 22.1. The van der Waals surface area contributed by atoms with Crippen LogP contribution in [-0.2, 0) is 33.6 Å². The van der Waals surface area contributed by atoms with Crippen LogP contribution in [0.1, 0.15) is 47.0 Å². The molecule has 1 heterocycles. The fraction of sp³-hybridized carbons (Fsp3) is 0.714. The number of carbonyl (C=O) groups excluding carboxylic acids is 7. The van der Waals surface area contributed by atoms with Crippen molar-refractivity contribution in [2.45, 2.75) is 95.4 Å². The van der Waals surface area contributed by atoms with Gasteiger partial charge in [0.15, 0.2) is 5.96 Å². The lowest BCUT2D eigenvalue weighted by Crippen LogP contribution is -2.61. The Balaban J connectivity index is 3.42. The Morgan fingerprint density at radius 3 is 1.92 bits per heavy atom. The predicted octanol–water partition coefficient (Wildman–Crippen LogP) is -5.40. The van der Waals surface area contributed by atoms with Gasteiger partial charge in [-0.05, 0) is 39.0 Å². The fourth-order valence-corrected chi connectivity index (χ4v) is 6.63. The number of aliphatic imine (C=N–C) groups is 1. The van der Waals surface area contributed by atoms with E-state index in [0.717, 1.165) is 21.6 Å². The summed E-state index contributed by atoms with van der Waals surface area (Å²) < 4.78 is 0. The molecule has 20 nitrogen and oxygen atoms in total. The van der Waals surface area contributed by atoms with Crippen LogP contribution in [0.25, 0.3) is 0 Å². The Morgan fingerprint density at radius 2 is 1.36 bits per heavy atom. The van der Waals surface area contributed by atoms with Gasteiger partial charge in [-0.15, -0.1) is 0 Å². The number of guanidine groups is 1. The highest BCUT2D eigenvalue weighted by atomic mass is 33.1. The molecule has 0 aromatic carbocycles. The quantitative estimate of drug-likeness (QED) is 0.0453. The number of nitrogens with two attached hydrogens (primary N) is 4. The van der Waals surface area contributed by atoms with E-state index < -0.39 is 96.4 Å². The van der Waals surface area contributed by atoms with Crippen molar-refractivity contribution in [3.05, 3.63) is 0 Å². The van der Waals surface area contributed by atoms with Crippen LogP contribution in [0.5, 0.6) is 0 Å². The van der Waals surface area contributed by atoms with E-state index in [9.17, 15) is 43.8 Å². The number of rotatable bonds is 9. The number of nitrogens with zero attached hydrogens (tertiary/aromatic N) is 1. The molecule has 0 radical (unpaired) electrons. The van der Waals surface area contributed by atoms with E-state index in [-0.39, 0.29) is 49.2 Å². The molecule has 8 atom stereocenters. The SMILES string of the molecule is CC(C)C[C@@H]1NC(=O)[C@H]([C@@H](C)O)NC(=O)[C@H](C)NC(=O)[C@H](CO)NC(=O)[C@H](CCCN=C(N)N)NC(=O)[C@@H](N)CSSC[C@@H](C(N)=O)NC1=O. The normalized spacial score (nSPS) is 27.8. The van der Waals surface area contributed by atoms with Crippen LogP contribution in [-0.4, -0.2) is 131 Å². The zero-order chi connectivity index (χ0) is 38.1. The van der Waals surface area contributed by atoms with Crippen molar-refractivity contribution < 1.29 is 43.8 Å². The summed E-state index contributed by atoms with van der Waals surface area (Å²) in [6, 6.07) is -9.27. The Hall–Kier alpha value is -3.86. The van der Waals surface area contributed by atoms with Gasteiger partial charge in [0.25, 0.3) is 0 Å².